The highest BCUT2D eigenvalue weighted by molar-refractivity contribution is 6.45. The lowest BCUT2D eigenvalue weighted by Gasteiger charge is -2.26. The molecule has 0 bridgehead atoms. The van der Waals surface area contributed by atoms with Crippen molar-refractivity contribution in [1.29, 1.82) is 0 Å². The highest BCUT2D eigenvalue weighted by atomic mass is 35.5. The molecule has 2 aromatic carbocycles. The van der Waals surface area contributed by atoms with Gasteiger partial charge in [-0.2, -0.15) is 0 Å². The van der Waals surface area contributed by atoms with Crippen LogP contribution in [0.5, 0.6) is 0 Å². The van der Waals surface area contributed by atoms with Gasteiger partial charge in [0.2, 0.25) is 0 Å². The van der Waals surface area contributed by atoms with Crippen molar-refractivity contribution in [1.82, 2.24) is 5.32 Å². The molecule has 1 aliphatic rings. The van der Waals surface area contributed by atoms with Crippen molar-refractivity contribution in [3.05, 3.63) is 68.2 Å². The number of amides is 4. The van der Waals surface area contributed by atoms with Gasteiger partial charge in [-0.15, -0.1) is 0 Å². The SMILES string of the molecule is Cc1cccc(N2C(=O)NC(=O)/C(=C/c3cc(Cl)cc(Cl)c3Cl)C2=O)c1. The van der Waals surface area contributed by atoms with Gasteiger partial charge in [0.1, 0.15) is 5.57 Å². The summed E-state index contributed by atoms with van der Waals surface area (Å²) < 4.78 is 0. The van der Waals surface area contributed by atoms with Gasteiger partial charge in [0.05, 0.1) is 15.7 Å². The van der Waals surface area contributed by atoms with Crippen molar-refractivity contribution in [3.8, 4) is 0 Å². The van der Waals surface area contributed by atoms with Crippen LogP contribution < -0.4 is 10.2 Å². The molecule has 1 aliphatic heterocycles. The number of benzene rings is 2. The zero-order valence-electron chi connectivity index (χ0n) is 13.3. The first-order valence-corrected chi connectivity index (χ1v) is 8.54. The minimum atomic E-state index is -0.823. The van der Waals surface area contributed by atoms with Gasteiger partial charge >= 0.3 is 6.03 Å². The maximum atomic E-state index is 12.8. The number of barbiturate groups is 1. The van der Waals surface area contributed by atoms with Crippen molar-refractivity contribution < 1.29 is 14.4 Å². The van der Waals surface area contributed by atoms with Crippen molar-refractivity contribution in [2.75, 3.05) is 4.90 Å². The zero-order chi connectivity index (χ0) is 19.0. The third kappa shape index (κ3) is 3.46. The predicted octanol–water partition coefficient (Wildman–Crippen LogP) is 4.62. The number of nitrogens with one attached hydrogen (secondary N) is 1. The van der Waals surface area contributed by atoms with E-state index >= 15 is 0 Å². The van der Waals surface area contributed by atoms with Crippen LogP contribution in [0.15, 0.2) is 42.0 Å². The molecule has 0 aromatic heterocycles. The first-order chi connectivity index (χ1) is 12.3. The summed E-state index contributed by atoms with van der Waals surface area (Å²) in [5, 5.41) is 2.76. The number of carbonyl (C=O) groups is 3. The number of halogens is 3. The lowest BCUT2D eigenvalue weighted by Crippen LogP contribution is -2.54. The second-order valence-electron chi connectivity index (χ2n) is 5.59. The lowest BCUT2D eigenvalue weighted by molar-refractivity contribution is -0.122. The molecule has 0 aliphatic carbocycles. The van der Waals surface area contributed by atoms with Gasteiger partial charge in [-0.1, -0.05) is 46.9 Å². The highest BCUT2D eigenvalue weighted by Crippen LogP contribution is 2.32. The summed E-state index contributed by atoms with van der Waals surface area (Å²) in [6.07, 6.45) is 1.26. The van der Waals surface area contributed by atoms with Crippen molar-refractivity contribution in [2.24, 2.45) is 0 Å². The van der Waals surface area contributed by atoms with Crippen LogP contribution in [-0.4, -0.2) is 17.8 Å². The number of aryl methyl sites for hydroxylation is 1. The largest absolute Gasteiger partial charge is 0.335 e. The van der Waals surface area contributed by atoms with Gasteiger partial charge in [-0.25, -0.2) is 9.69 Å². The van der Waals surface area contributed by atoms with Gasteiger partial charge < -0.3 is 0 Å². The van der Waals surface area contributed by atoms with Gasteiger partial charge in [0.25, 0.3) is 11.8 Å². The molecule has 0 atom stereocenters. The molecule has 0 radical (unpaired) electrons. The maximum absolute atomic E-state index is 12.8. The van der Waals surface area contributed by atoms with E-state index < -0.39 is 17.8 Å². The second kappa shape index (κ2) is 7.11. The van der Waals surface area contributed by atoms with Crippen LogP contribution in [0.25, 0.3) is 6.08 Å². The number of anilines is 1. The van der Waals surface area contributed by atoms with E-state index in [1.54, 1.807) is 18.2 Å². The molecule has 1 N–H and O–H groups in total. The van der Waals surface area contributed by atoms with Crippen LogP contribution >= 0.6 is 34.8 Å². The number of imide groups is 2. The Hall–Kier alpha value is -2.34. The van der Waals surface area contributed by atoms with Gasteiger partial charge in [0.15, 0.2) is 0 Å². The topological polar surface area (TPSA) is 66.5 Å². The second-order valence-corrected chi connectivity index (χ2v) is 6.81. The summed E-state index contributed by atoms with van der Waals surface area (Å²) in [5.74, 6) is -1.59. The molecule has 3 rings (SSSR count). The Bertz CT molecular complexity index is 986. The van der Waals surface area contributed by atoms with Crippen LogP contribution in [0.3, 0.4) is 0 Å². The van der Waals surface area contributed by atoms with E-state index in [1.165, 1.54) is 18.2 Å². The molecule has 132 valence electrons. The summed E-state index contributed by atoms with van der Waals surface area (Å²) in [7, 11) is 0. The van der Waals surface area contributed by atoms with E-state index in [0.29, 0.717) is 16.3 Å². The normalized spacial score (nSPS) is 16.2. The standard InChI is InChI=1S/C18H11Cl3N2O3/c1-9-3-2-4-12(5-9)23-17(25)13(16(24)22-18(23)26)7-10-6-11(19)8-14(20)15(10)21/h2-8H,1H3,(H,22,24,26)/b13-7-. The minimum Gasteiger partial charge on any atom is -0.273 e. The molecule has 8 heteroatoms. The van der Waals surface area contributed by atoms with Crippen LogP contribution in [0.1, 0.15) is 11.1 Å². The molecular weight excluding hydrogens is 399 g/mol. The summed E-state index contributed by atoms with van der Waals surface area (Å²) in [4.78, 5) is 38.1. The summed E-state index contributed by atoms with van der Waals surface area (Å²) in [5.41, 5.74) is 1.24. The number of nitrogens with zero attached hydrogens (tertiary/aromatic N) is 1. The molecule has 1 heterocycles. The van der Waals surface area contributed by atoms with Crippen LogP contribution in [0, 0.1) is 6.92 Å². The summed E-state index contributed by atoms with van der Waals surface area (Å²) in [6.45, 7) is 1.82. The average molecular weight is 410 g/mol. The maximum Gasteiger partial charge on any atom is 0.335 e. The van der Waals surface area contributed by atoms with Gasteiger partial charge in [-0.3, -0.25) is 14.9 Å². The molecule has 1 saturated heterocycles. The predicted molar refractivity (Wildman–Crippen MR) is 102 cm³/mol. The van der Waals surface area contributed by atoms with Crippen molar-refractivity contribution in [3.63, 3.8) is 0 Å². The van der Waals surface area contributed by atoms with E-state index in [4.69, 9.17) is 34.8 Å². The number of urea groups is 1. The summed E-state index contributed by atoms with van der Waals surface area (Å²) >= 11 is 18.1. The molecule has 2 aromatic rings. The third-order valence-corrected chi connectivity index (χ3v) is 4.72. The fourth-order valence-corrected chi connectivity index (χ4v) is 3.17. The zero-order valence-corrected chi connectivity index (χ0v) is 15.6. The number of hydrogen-bond donors (Lipinski definition) is 1. The Labute approximate surface area is 164 Å². The van der Waals surface area contributed by atoms with Crippen LogP contribution in [-0.2, 0) is 9.59 Å². The Kier molecular flexibility index (Phi) is 5.05. The molecule has 1 fully saturated rings. The molecule has 4 amide bonds. The van der Waals surface area contributed by atoms with E-state index in [2.05, 4.69) is 5.32 Å². The highest BCUT2D eigenvalue weighted by Gasteiger charge is 2.37. The average Bonchev–Trinajstić information content (AvgIpc) is 2.55. The van der Waals surface area contributed by atoms with Crippen LogP contribution in [0.2, 0.25) is 15.1 Å². The Morgan fingerprint density at radius 2 is 1.77 bits per heavy atom. The van der Waals surface area contributed by atoms with E-state index in [9.17, 15) is 14.4 Å². The van der Waals surface area contributed by atoms with E-state index in [0.717, 1.165) is 10.5 Å². The van der Waals surface area contributed by atoms with Crippen LogP contribution in [0.4, 0.5) is 10.5 Å². The Morgan fingerprint density at radius 3 is 2.46 bits per heavy atom. The fourth-order valence-electron chi connectivity index (χ4n) is 2.50. The lowest BCUT2D eigenvalue weighted by atomic mass is 10.1. The smallest absolute Gasteiger partial charge is 0.273 e. The molecule has 5 nitrogen and oxygen atoms in total. The Morgan fingerprint density at radius 1 is 1.04 bits per heavy atom. The molecule has 26 heavy (non-hydrogen) atoms. The van der Waals surface area contributed by atoms with E-state index in [1.807, 2.05) is 13.0 Å². The molecule has 0 saturated carbocycles. The summed E-state index contributed by atoms with van der Waals surface area (Å²) in [6, 6.07) is 8.88. The quantitative estimate of drug-likeness (QED) is 0.447. The number of carbonyl (C=O) groups excluding carboxylic acids is 3. The number of hydrogen-bond acceptors (Lipinski definition) is 3. The molecule has 0 unspecified atom stereocenters. The van der Waals surface area contributed by atoms with Gasteiger partial charge in [0, 0.05) is 5.02 Å². The molecular formula is C18H11Cl3N2O3. The fraction of sp³-hybridized carbons (Fsp3) is 0.0556. The van der Waals surface area contributed by atoms with E-state index in [-0.39, 0.29) is 15.6 Å². The number of rotatable bonds is 2. The Balaban J connectivity index is 2.09. The van der Waals surface area contributed by atoms with Crippen molar-refractivity contribution in [2.45, 2.75) is 6.92 Å². The van der Waals surface area contributed by atoms with Crippen molar-refractivity contribution >= 4 is 64.4 Å². The third-order valence-electron chi connectivity index (χ3n) is 3.68. The molecule has 0 spiro atoms. The first-order valence-electron chi connectivity index (χ1n) is 7.40. The first kappa shape index (κ1) is 18.5. The minimum absolute atomic E-state index is 0.142. The van der Waals surface area contributed by atoms with Gasteiger partial charge in [-0.05, 0) is 48.4 Å². The monoisotopic (exact) mass is 408 g/mol.